The number of hydrogen-bond acceptors (Lipinski definition) is 3. The Morgan fingerprint density at radius 3 is 2.82 bits per heavy atom. The fraction of sp³-hybridized carbons (Fsp3) is 0.538. The Morgan fingerprint density at radius 2 is 2.12 bits per heavy atom. The lowest BCUT2D eigenvalue weighted by Gasteiger charge is -2.12. The second-order valence-corrected chi connectivity index (χ2v) is 4.21. The van der Waals surface area contributed by atoms with Crippen molar-refractivity contribution in [3.8, 4) is 5.75 Å². The largest absolute Gasteiger partial charge is 0.493 e. The molecule has 0 amide bonds. The molecule has 0 atom stereocenters. The van der Waals surface area contributed by atoms with Crippen LogP contribution in [0.15, 0.2) is 18.2 Å². The quantitative estimate of drug-likeness (QED) is 0.727. The van der Waals surface area contributed by atoms with E-state index in [1.54, 1.807) is 7.11 Å². The molecule has 0 aliphatic rings. The molecule has 0 aromatic heterocycles. The van der Waals surface area contributed by atoms with Gasteiger partial charge in [0.1, 0.15) is 5.75 Å². The maximum absolute atomic E-state index is 5.98. The summed E-state index contributed by atoms with van der Waals surface area (Å²) in [5, 5.41) is 4.02. The van der Waals surface area contributed by atoms with Gasteiger partial charge >= 0.3 is 0 Å². The van der Waals surface area contributed by atoms with Gasteiger partial charge in [0.05, 0.1) is 13.2 Å². The second-order valence-electron chi connectivity index (χ2n) is 3.77. The van der Waals surface area contributed by atoms with E-state index in [9.17, 15) is 0 Å². The highest BCUT2D eigenvalue weighted by atomic mass is 35.5. The van der Waals surface area contributed by atoms with E-state index in [1.807, 2.05) is 18.2 Å². The Kier molecular flexibility index (Phi) is 7.01. The molecule has 0 bridgehead atoms. The lowest BCUT2D eigenvalue weighted by Crippen LogP contribution is -2.19. The fourth-order valence-electron chi connectivity index (χ4n) is 1.44. The smallest absolute Gasteiger partial charge is 0.123 e. The average Bonchev–Trinajstić information content (AvgIpc) is 2.33. The molecule has 1 aromatic rings. The van der Waals surface area contributed by atoms with Crippen LogP contribution in [0.5, 0.6) is 5.75 Å². The van der Waals surface area contributed by atoms with Crippen LogP contribution < -0.4 is 10.1 Å². The predicted octanol–water partition coefficient (Wildman–Crippen LogP) is 2.86. The Morgan fingerprint density at radius 1 is 1.29 bits per heavy atom. The van der Waals surface area contributed by atoms with Crippen molar-refractivity contribution in [1.29, 1.82) is 0 Å². The molecular weight excluding hydrogens is 238 g/mol. The summed E-state index contributed by atoms with van der Waals surface area (Å²) >= 11 is 5.98. The number of nitrogens with one attached hydrogen (secondary N) is 1. The van der Waals surface area contributed by atoms with E-state index in [4.69, 9.17) is 21.1 Å². The zero-order chi connectivity index (χ0) is 12.5. The van der Waals surface area contributed by atoms with E-state index in [-0.39, 0.29) is 0 Å². The second kappa shape index (κ2) is 8.34. The summed E-state index contributed by atoms with van der Waals surface area (Å²) in [6.45, 7) is 5.07. The van der Waals surface area contributed by atoms with E-state index in [0.717, 1.165) is 42.5 Å². The predicted molar refractivity (Wildman–Crippen MR) is 70.8 cm³/mol. The van der Waals surface area contributed by atoms with Crippen molar-refractivity contribution in [2.75, 3.05) is 26.9 Å². The molecule has 4 heteroatoms. The molecule has 3 nitrogen and oxygen atoms in total. The first-order chi connectivity index (χ1) is 8.27. The third-order valence-electron chi connectivity index (χ3n) is 2.28. The average molecular weight is 258 g/mol. The van der Waals surface area contributed by atoms with Crippen LogP contribution in [0.4, 0.5) is 0 Å². The van der Waals surface area contributed by atoms with E-state index < -0.39 is 0 Å². The molecule has 0 aliphatic carbocycles. The maximum Gasteiger partial charge on any atom is 0.123 e. The summed E-state index contributed by atoms with van der Waals surface area (Å²) in [7, 11) is 1.69. The van der Waals surface area contributed by atoms with Gasteiger partial charge in [-0.15, -0.1) is 0 Å². The summed E-state index contributed by atoms with van der Waals surface area (Å²) in [5.74, 6) is 0.904. The van der Waals surface area contributed by atoms with Gasteiger partial charge < -0.3 is 14.8 Å². The molecule has 1 rings (SSSR count). The number of methoxy groups -OCH3 is 1. The molecule has 0 spiro atoms. The SMILES string of the molecule is CCCOc1ccc(Cl)cc1CNCCOC. The van der Waals surface area contributed by atoms with E-state index in [0.29, 0.717) is 6.61 Å². The molecule has 0 aliphatic heterocycles. The van der Waals surface area contributed by atoms with Crippen molar-refractivity contribution in [1.82, 2.24) is 5.32 Å². The summed E-state index contributed by atoms with van der Waals surface area (Å²) in [4.78, 5) is 0. The molecular formula is C13H20ClNO2. The van der Waals surface area contributed by atoms with Gasteiger partial charge in [0.25, 0.3) is 0 Å². The van der Waals surface area contributed by atoms with Crippen LogP contribution in [0.25, 0.3) is 0 Å². The van der Waals surface area contributed by atoms with Crippen LogP contribution in [-0.4, -0.2) is 26.9 Å². The lowest BCUT2D eigenvalue weighted by atomic mass is 10.2. The van der Waals surface area contributed by atoms with Crippen molar-refractivity contribution < 1.29 is 9.47 Å². The van der Waals surface area contributed by atoms with Crippen LogP contribution >= 0.6 is 11.6 Å². The van der Waals surface area contributed by atoms with Gasteiger partial charge in [0, 0.05) is 30.8 Å². The van der Waals surface area contributed by atoms with Crippen LogP contribution in [-0.2, 0) is 11.3 Å². The monoisotopic (exact) mass is 257 g/mol. The lowest BCUT2D eigenvalue weighted by molar-refractivity contribution is 0.199. The molecule has 17 heavy (non-hydrogen) atoms. The summed E-state index contributed by atoms with van der Waals surface area (Å²) < 4.78 is 10.6. The first kappa shape index (κ1) is 14.3. The van der Waals surface area contributed by atoms with Crippen LogP contribution in [0.1, 0.15) is 18.9 Å². The van der Waals surface area contributed by atoms with Gasteiger partial charge in [-0.05, 0) is 24.6 Å². The minimum absolute atomic E-state index is 0.700. The van der Waals surface area contributed by atoms with Gasteiger partial charge in [0.15, 0.2) is 0 Å². The molecule has 0 saturated heterocycles. The van der Waals surface area contributed by atoms with E-state index in [1.165, 1.54) is 0 Å². The molecule has 0 fully saturated rings. The minimum Gasteiger partial charge on any atom is -0.493 e. The van der Waals surface area contributed by atoms with Gasteiger partial charge in [-0.25, -0.2) is 0 Å². The zero-order valence-corrected chi connectivity index (χ0v) is 11.2. The van der Waals surface area contributed by atoms with Gasteiger partial charge in [-0.2, -0.15) is 0 Å². The normalized spacial score (nSPS) is 10.5. The van der Waals surface area contributed by atoms with Gasteiger partial charge in [-0.3, -0.25) is 0 Å². The van der Waals surface area contributed by atoms with E-state index in [2.05, 4.69) is 12.2 Å². The Labute approximate surface area is 108 Å². The molecule has 1 N–H and O–H groups in total. The van der Waals surface area contributed by atoms with Crippen molar-refractivity contribution in [2.24, 2.45) is 0 Å². The first-order valence-electron chi connectivity index (χ1n) is 5.88. The number of ether oxygens (including phenoxy) is 2. The summed E-state index contributed by atoms with van der Waals surface area (Å²) in [5.41, 5.74) is 1.09. The number of benzene rings is 1. The van der Waals surface area contributed by atoms with Crippen LogP contribution in [0.2, 0.25) is 5.02 Å². The standard InChI is InChI=1S/C13H20ClNO2/c1-3-7-17-13-5-4-12(14)9-11(13)10-15-6-8-16-2/h4-5,9,15H,3,6-8,10H2,1-2H3. The molecule has 0 heterocycles. The minimum atomic E-state index is 0.700. The number of halogens is 1. The van der Waals surface area contributed by atoms with E-state index >= 15 is 0 Å². The molecule has 0 radical (unpaired) electrons. The molecule has 1 aromatic carbocycles. The van der Waals surface area contributed by atoms with Crippen LogP contribution in [0.3, 0.4) is 0 Å². The molecule has 96 valence electrons. The Balaban J connectivity index is 2.56. The van der Waals surface area contributed by atoms with Crippen molar-refractivity contribution >= 4 is 11.6 Å². The first-order valence-corrected chi connectivity index (χ1v) is 6.26. The molecule has 0 saturated carbocycles. The highest BCUT2D eigenvalue weighted by molar-refractivity contribution is 6.30. The van der Waals surface area contributed by atoms with Crippen molar-refractivity contribution in [2.45, 2.75) is 19.9 Å². The fourth-order valence-corrected chi connectivity index (χ4v) is 1.63. The van der Waals surface area contributed by atoms with Gasteiger partial charge in [0.2, 0.25) is 0 Å². The highest BCUT2D eigenvalue weighted by Gasteiger charge is 2.04. The van der Waals surface area contributed by atoms with Gasteiger partial charge in [-0.1, -0.05) is 18.5 Å². The number of rotatable bonds is 8. The molecule has 0 unspecified atom stereocenters. The third kappa shape index (κ3) is 5.39. The highest BCUT2D eigenvalue weighted by Crippen LogP contribution is 2.22. The topological polar surface area (TPSA) is 30.5 Å². The summed E-state index contributed by atoms with van der Waals surface area (Å²) in [6, 6.07) is 5.71. The third-order valence-corrected chi connectivity index (χ3v) is 2.52. The number of hydrogen-bond donors (Lipinski definition) is 1. The Hall–Kier alpha value is -0.770. The Bertz CT molecular complexity index is 331. The zero-order valence-electron chi connectivity index (χ0n) is 10.5. The van der Waals surface area contributed by atoms with Crippen LogP contribution in [0, 0.1) is 0 Å². The van der Waals surface area contributed by atoms with Crippen molar-refractivity contribution in [3.05, 3.63) is 28.8 Å². The summed E-state index contributed by atoms with van der Waals surface area (Å²) in [6.07, 6.45) is 0.999. The maximum atomic E-state index is 5.98. The van der Waals surface area contributed by atoms with Crippen molar-refractivity contribution in [3.63, 3.8) is 0 Å².